The van der Waals surface area contributed by atoms with Crippen molar-refractivity contribution in [3.63, 3.8) is 0 Å². The molecule has 0 saturated carbocycles. The molecule has 0 spiro atoms. The lowest BCUT2D eigenvalue weighted by Crippen LogP contribution is -2.45. The van der Waals surface area contributed by atoms with Gasteiger partial charge in [-0.15, -0.1) is 11.3 Å². The van der Waals surface area contributed by atoms with Crippen molar-refractivity contribution in [3.05, 3.63) is 21.9 Å². The summed E-state index contributed by atoms with van der Waals surface area (Å²) in [6.07, 6.45) is 0.954. The van der Waals surface area contributed by atoms with Crippen molar-refractivity contribution >= 4 is 17.2 Å². The lowest BCUT2D eigenvalue weighted by Gasteiger charge is -2.29. The fourth-order valence-electron chi connectivity index (χ4n) is 2.86. The van der Waals surface area contributed by atoms with Crippen LogP contribution in [0.1, 0.15) is 44.1 Å². The van der Waals surface area contributed by atoms with Gasteiger partial charge in [0.05, 0.1) is 18.6 Å². The summed E-state index contributed by atoms with van der Waals surface area (Å²) < 4.78 is 0. The summed E-state index contributed by atoms with van der Waals surface area (Å²) in [5.74, 6) is 0.204. The summed E-state index contributed by atoms with van der Waals surface area (Å²) in [5, 5.41) is 14.4. The Bertz CT molecular complexity index is 464. The van der Waals surface area contributed by atoms with Crippen LogP contribution in [0.3, 0.4) is 0 Å². The molecule has 1 amide bonds. The summed E-state index contributed by atoms with van der Waals surface area (Å²) in [6, 6.07) is 1.97. The minimum absolute atomic E-state index is 0.00610. The zero-order chi connectivity index (χ0) is 14.2. The molecular weight excluding hydrogens is 258 g/mol. The molecule has 1 heterocycles. The van der Waals surface area contributed by atoms with Gasteiger partial charge in [-0.25, -0.2) is 0 Å². The molecule has 1 aromatic heterocycles. The van der Waals surface area contributed by atoms with Crippen LogP contribution in [0, 0.1) is 11.3 Å². The number of carbonyl (C=O) groups excluding carboxylic acids is 1. The highest BCUT2D eigenvalue weighted by Crippen LogP contribution is 2.49. The third-order valence-corrected chi connectivity index (χ3v) is 5.09. The second-order valence-corrected chi connectivity index (χ2v) is 7.40. The highest BCUT2D eigenvalue weighted by Gasteiger charge is 2.44. The lowest BCUT2D eigenvalue weighted by molar-refractivity contribution is -0.126. The molecule has 19 heavy (non-hydrogen) atoms. The summed E-state index contributed by atoms with van der Waals surface area (Å²) in [5.41, 5.74) is 1.27. The third kappa shape index (κ3) is 2.70. The van der Waals surface area contributed by atoms with Gasteiger partial charge in [-0.1, -0.05) is 27.7 Å². The van der Waals surface area contributed by atoms with E-state index in [2.05, 4.69) is 30.6 Å². The summed E-state index contributed by atoms with van der Waals surface area (Å²) >= 11 is 1.67. The Morgan fingerprint density at radius 1 is 1.58 bits per heavy atom. The molecule has 0 unspecified atom stereocenters. The Morgan fingerprint density at radius 3 is 2.84 bits per heavy atom. The minimum atomic E-state index is -0.160. The molecule has 2 atom stereocenters. The van der Waals surface area contributed by atoms with E-state index >= 15 is 0 Å². The molecule has 0 bridgehead atoms. The summed E-state index contributed by atoms with van der Waals surface area (Å²) in [7, 11) is 0. The lowest BCUT2D eigenvalue weighted by atomic mass is 9.80. The van der Waals surface area contributed by atoms with E-state index in [-0.39, 0.29) is 35.8 Å². The monoisotopic (exact) mass is 281 g/mol. The quantitative estimate of drug-likeness (QED) is 0.891. The number of hydrogen-bond acceptors (Lipinski definition) is 3. The van der Waals surface area contributed by atoms with Crippen LogP contribution in [0.4, 0.5) is 0 Å². The molecule has 1 aliphatic carbocycles. The first-order valence-corrected chi connectivity index (χ1v) is 7.72. The molecule has 106 valence electrons. The van der Waals surface area contributed by atoms with Gasteiger partial charge in [0, 0.05) is 4.88 Å². The molecule has 0 aromatic carbocycles. The molecular formula is C15H23NO2S. The van der Waals surface area contributed by atoms with Gasteiger partial charge >= 0.3 is 0 Å². The molecule has 2 N–H and O–H groups in total. The Morgan fingerprint density at radius 2 is 2.26 bits per heavy atom. The fourth-order valence-corrected chi connectivity index (χ4v) is 4.09. The molecule has 4 heteroatoms. The van der Waals surface area contributed by atoms with E-state index in [0.29, 0.717) is 0 Å². The fraction of sp³-hybridized carbons (Fsp3) is 0.667. The van der Waals surface area contributed by atoms with Crippen LogP contribution in [-0.4, -0.2) is 23.7 Å². The van der Waals surface area contributed by atoms with Crippen molar-refractivity contribution in [2.75, 3.05) is 6.61 Å². The maximum Gasteiger partial charge on any atom is 0.229 e. The number of carbonyl (C=O) groups is 1. The molecule has 0 saturated heterocycles. The second-order valence-electron chi connectivity index (χ2n) is 6.45. The van der Waals surface area contributed by atoms with Gasteiger partial charge in [-0.3, -0.25) is 4.79 Å². The van der Waals surface area contributed by atoms with Gasteiger partial charge in [-0.05, 0) is 34.8 Å². The molecule has 0 fully saturated rings. The van der Waals surface area contributed by atoms with E-state index in [0.717, 1.165) is 6.42 Å². The second kappa shape index (κ2) is 5.25. The molecule has 0 radical (unpaired) electrons. The Hall–Kier alpha value is -0.870. The predicted octanol–water partition coefficient (Wildman–Crippen LogP) is 2.55. The number of rotatable bonds is 4. The molecule has 3 nitrogen and oxygen atoms in total. The Balaban J connectivity index is 2.19. The van der Waals surface area contributed by atoms with E-state index in [9.17, 15) is 9.90 Å². The molecule has 1 aliphatic rings. The minimum Gasteiger partial charge on any atom is -0.394 e. The maximum atomic E-state index is 12.6. The first-order chi connectivity index (χ1) is 8.86. The van der Waals surface area contributed by atoms with Gasteiger partial charge < -0.3 is 10.4 Å². The smallest absolute Gasteiger partial charge is 0.229 e. The van der Waals surface area contributed by atoms with Crippen LogP contribution in [0.25, 0.3) is 0 Å². The van der Waals surface area contributed by atoms with Gasteiger partial charge in [0.2, 0.25) is 5.91 Å². The zero-order valence-electron chi connectivity index (χ0n) is 12.1. The molecule has 0 aliphatic heterocycles. The SMILES string of the molecule is CC(C)[C@@H](CO)NC(=O)[C@@H]1c2sccc2CC1(C)C. The Kier molecular flexibility index (Phi) is 4.02. The molecule has 1 aromatic rings. The van der Waals surface area contributed by atoms with Gasteiger partial charge in [0.1, 0.15) is 0 Å². The van der Waals surface area contributed by atoms with Crippen molar-refractivity contribution in [2.45, 2.75) is 46.1 Å². The number of aliphatic hydroxyl groups is 1. The number of fused-ring (bicyclic) bond motifs is 1. The normalized spacial score (nSPS) is 22.3. The first-order valence-electron chi connectivity index (χ1n) is 6.84. The van der Waals surface area contributed by atoms with Gasteiger partial charge in [0.15, 0.2) is 0 Å². The average Bonchev–Trinajstić information content (AvgIpc) is 2.81. The number of nitrogens with one attached hydrogen (secondary N) is 1. The van der Waals surface area contributed by atoms with Crippen LogP contribution < -0.4 is 5.32 Å². The van der Waals surface area contributed by atoms with E-state index < -0.39 is 0 Å². The first kappa shape index (κ1) is 14.5. The summed E-state index contributed by atoms with van der Waals surface area (Å²) in [6.45, 7) is 8.31. The van der Waals surface area contributed by atoms with Crippen LogP contribution in [0.2, 0.25) is 0 Å². The standard InChI is InChI=1S/C15H23NO2S/c1-9(2)11(8-17)16-14(18)12-13-10(5-6-19-13)7-15(12,3)4/h5-6,9,11-12,17H,7-8H2,1-4H3,(H,16,18)/t11-,12+/m1/s1. The van der Waals surface area contributed by atoms with Crippen LogP contribution >= 0.6 is 11.3 Å². The van der Waals surface area contributed by atoms with E-state index in [1.807, 2.05) is 13.8 Å². The highest BCUT2D eigenvalue weighted by atomic mass is 32.1. The Labute approximate surface area is 119 Å². The predicted molar refractivity (Wildman–Crippen MR) is 78.4 cm³/mol. The largest absolute Gasteiger partial charge is 0.394 e. The van der Waals surface area contributed by atoms with Gasteiger partial charge in [0.25, 0.3) is 0 Å². The van der Waals surface area contributed by atoms with Crippen LogP contribution in [0.15, 0.2) is 11.4 Å². The van der Waals surface area contributed by atoms with Crippen LogP contribution in [-0.2, 0) is 11.2 Å². The van der Waals surface area contributed by atoms with Crippen molar-refractivity contribution in [2.24, 2.45) is 11.3 Å². The van der Waals surface area contributed by atoms with E-state index in [4.69, 9.17) is 0 Å². The summed E-state index contributed by atoms with van der Waals surface area (Å²) in [4.78, 5) is 13.8. The number of thiophene rings is 1. The molecule has 2 rings (SSSR count). The van der Waals surface area contributed by atoms with Crippen molar-refractivity contribution in [3.8, 4) is 0 Å². The van der Waals surface area contributed by atoms with Crippen molar-refractivity contribution in [1.29, 1.82) is 0 Å². The van der Waals surface area contributed by atoms with Gasteiger partial charge in [-0.2, -0.15) is 0 Å². The van der Waals surface area contributed by atoms with E-state index in [1.165, 1.54) is 10.4 Å². The van der Waals surface area contributed by atoms with Crippen molar-refractivity contribution in [1.82, 2.24) is 5.32 Å². The maximum absolute atomic E-state index is 12.6. The zero-order valence-corrected chi connectivity index (χ0v) is 12.9. The van der Waals surface area contributed by atoms with Crippen LogP contribution in [0.5, 0.6) is 0 Å². The number of aliphatic hydroxyl groups excluding tert-OH is 1. The average molecular weight is 281 g/mol. The number of hydrogen-bond donors (Lipinski definition) is 2. The van der Waals surface area contributed by atoms with E-state index in [1.54, 1.807) is 11.3 Å². The topological polar surface area (TPSA) is 49.3 Å². The van der Waals surface area contributed by atoms with Crippen molar-refractivity contribution < 1.29 is 9.90 Å². The third-order valence-electron chi connectivity index (χ3n) is 4.06. The highest BCUT2D eigenvalue weighted by molar-refractivity contribution is 7.10. The number of amides is 1.